The van der Waals surface area contributed by atoms with Crippen LogP contribution in [0.4, 0.5) is 5.69 Å². The summed E-state index contributed by atoms with van der Waals surface area (Å²) in [4.78, 5) is 15.0. The fourth-order valence-corrected chi connectivity index (χ4v) is 4.58. The number of amides is 1. The SMILES string of the molecule is Cc1ccc(N(CC(=O)NCc2ccccc2CN2CCCC2)S(C)(=O)=O)cc1C. The largest absolute Gasteiger partial charge is 0.350 e. The van der Waals surface area contributed by atoms with E-state index in [-0.39, 0.29) is 12.5 Å². The number of carbonyl (C=O) groups excluding carboxylic acids is 1. The molecule has 0 bridgehead atoms. The molecule has 0 radical (unpaired) electrons. The number of rotatable bonds is 8. The Morgan fingerprint density at radius 2 is 1.70 bits per heavy atom. The van der Waals surface area contributed by atoms with E-state index in [0.29, 0.717) is 12.2 Å². The number of benzene rings is 2. The number of likely N-dealkylation sites (tertiary alicyclic amines) is 1. The van der Waals surface area contributed by atoms with Crippen molar-refractivity contribution in [1.82, 2.24) is 10.2 Å². The third-order valence-electron chi connectivity index (χ3n) is 5.65. The summed E-state index contributed by atoms with van der Waals surface area (Å²) in [5, 5.41) is 2.90. The van der Waals surface area contributed by atoms with Crippen molar-refractivity contribution in [2.75, 3.05) is 30.2 Å². The second-order valence-electron chi connectivity index (χ2n) is 8.07. The molecular formula is C23H31N3O3S. The van der Waals surface area contributed by atoms with Crippen molar-refractivity contribution in [3.63, 3.8) is 0 Å². The van der Waals surface area contributed by atoms with Crippen LogP contribution in [-0.2, 0) is 27.9 Å². The van der Waals surface area contributed by atoms with Crippen LogP contribution in [-0.4, -0.2) is 45.1 Å². The van der Waals surface area contributed by atoms with Crippen molar-refractivity contribution in [3.05, 3.63) is 64.7 Å². The number of hydrogen-bond donors (Lipinski definition) is 1. The number of carbonyl (C=O) groups is 1. The van der Waals surface area contributed by atoms with E-state index in [2.05, 4.69) is 16.3 Å². The zero-order valence-electron chi connectivity index (χ0n) is 18.0. The lowest BCUT2D eigenvalue weighted by Crippen LogP contribution is -2.40. The standard InChI is InChI=1S/C23H31N3O3S/c1-18-10-11-22(14-19(18)2)26(30(3,28)29)17-23(27)24-15-20-8-4-5-9-21(20)16-25-12-6-7-13-25/h4-5,8-11,14H,6-7,12-13,15-17H2,1-3H3,(H,24,27). The molecule has 162 valence electrons. The van der Waals surface area contributed by atoms with Crippen molar-refractivity contribution in [2.24, 2.45) is 0 Å². The first-order valence-corrected chi connectivity index (χ1v) is 12.2. The van der Waals surface area contributed by atoms with Crippen LogP contribution in [0.25, 0.3) is 0 Å². The second kappa shape index (κ2) is 9.62. The summed E-state index contributed by atoms with van der Waals surface area (Å²) in [7, 11) is -3.58. The number of nitrogens with one attached hydrogen (secondary N) is 1. The van der Waals surface area contributed by atoms with Gasteiger partial charge in [0, 0.05) is 13.1 Å². The highest BCUT2D eigenvalue weighted by atomic mass is 32.2. The van der Waals surface area contributed by atoms with Crippen LogP contribution >= 0.6 is 0 Å². The van der Waals surface area contributed by atoms with Crippen molar-refractivity contribution in [3.8, 4) is 0 Å². The molecule has 0 unspecified atom stereocenters. The van der Waals surface area contributed by atoms with Gasteiger partial charge in [-0.15, -0.1) is 0 Å². The molecule has 0 atom stereocenters. The fraction of sp³-hybridized carbons (Fsp3) is 0.435. The molecule has 1 N–H and O–H groups in total. The fourth-order valence-electron chi connectivity index (χ4n) is 3.73. The van der Waals surface area contributed by atoms with Crippen molar-refractivity contribution in [1.29, 1.82) is 0 Å². The van der Waals surface area contributed by atoms with E-state index in [9.17, 15) is 13.2 Å². The van der Waals surface area contributed by atoms with Gasteiger partial charge in [-0.2, -0.15) is 0 Å². The van der Waals surface area contributed by atoms with Crippen LogP contribution in [0, 0.1) is 13.8 Å². The van der Waals surface area contributed by atoms with E-state index in [1.807, 2.05) is 38.1 Å². The number of anilines is 1. The molecule has 0 spiro atoms. The van der Waals surface area contributed by atoms with Crippen LogP contribution in [0.15, 0.2) is 42.5 Å². The number of nitrogens with zero attached hydrogens (tertiary/aromatic N) is 2. The Kier molecular flexibility index (Phi) is 7.15. The van der Waals surface area contributed by atoms with Crippen molar-refractivity contribution >= 4 is 21.6 Å². The zero-order valence-corrected chi connectivity index (χ0v) is 18.8. The van der Waals surface area contributed by atoms with Crippen LogP contribution in [0.2, 0.25) is 0 Å². The van der Waals surface area contributed by atoms with Crippen LogP contribution in [0.1, 0.15) is 35.1 Å². The maximum Gasteiger partial charge on any atom is 0.241 e. The molecule has 7 heteroatoms. The smallest absolute Gasteiger partial charge is 0.241 e. The third-order valence-corrected chi connectivity index (χ3v) is 6.79. The number of sulfonamides is 1. The molecule has 0 saturated carbocycles. The first-order valence-electron chi connectivity index (χ1n) is 10.3. The van der Waals surface area contributed by atoms with E-state index < -0.39 is 10.0 Å². The molecule has 1 fully saturated rings. The summed E-state index contributed by atoms with van der Waals surface area (Å²) in [6, 6.07) is 13.5. The highest BCUT2D eigenvalue weighted by Crippen LogP contribution is 2.21. The topological polar surface area (TPSA) is 69.7 Å². The van der Waals surface area contributed by atoms with Gasteiger partial charge >= 0.3 is 0 Å². The van der Waals surface area contributed by atoms with Gasteiger partial charge in [0.2, 0.25) is 15.9 Å². The summed E-state index contributed by atoms with van der Waals surface area (Å²) in [6.07, 6.45) is 3.60. The molecule has 1 saturated heterocycles. The van der Waals surface area contributed by atoms with Gasteiger partial charge in [-0.3, -0.25) is 14.0 Å². The normalized spacial score (nSPS) is 14.6. The van der Waals surface area contributed by atoms with Gasteiger partial charge in [-0.25, -0.2) is 8.42 Å². The second-order valence-corrected chi connectivity index (χ2v) is 9.97. The summed E-state index contributed by atoms with van der Waals surface area (Å²) >= 11 is 0. The molecule has 1 amide bonds. The summed E-state index contributed by atoms with van der Waals surface area (Å²) in [6.45, 7) is 7.14. The van der Waals surface area contributed by atoms with E-state index in [4.69, 9.17) is 0 Å². The van der Waals surface area contributed by atoms with Crippen LogP contribution in [0.5, 0.6) is 0 Å². The quantitative estimate of drug-likeness (QED) is 0.700. The average molecular weight is 430 g/mol. The summed E-state index contributed by atoms with van der Waals surface area (Å²) in [5.74, 6) is -0.324. The minimum absolute atomic E-state index is 0.240. The predicted octanol–water partition coefficient (Wildman–Crippen LogP) is 2.98. The first kappa shape index (κ1) is 22.3. The third kappa shape index (κ3) is 5.83. The Hall–Kier alpha value is -2.38. The molecule has 0 aliphatic carbocycles. The minimum Gasteiger partial charge on any atom is -0.350 e. The molecule has 2 aromatic rings. The highest BCUT2D eigenvalue weighted by molar-refractivity contribution is 7.92. The highest BCUT2D eigenvalue weighted by Gasteiger charge is 2.21. The van der Waals surface area contributed by atoms with Gasteiger partial charge in [0.05, 0.1) is 11.9 Å². The van der Waals surface area contributed by atoms with Crippen molar-refractivity contribution in [2.45, 2.75) is 39.8 Å². The Morgan fingerprint density at radius 3 is 2.33 bits per heavy atom. The maximum atomic E-state index is 12.6. The predicted molar refractivity (Wildman–Crippen MR) is 121 cm³/mol. The molecule has 2 aromatic carbocycles. The van der Waals surface area contributed by atoms with Crippen LogP contribution < -0.4 is 9.62 Å². The Bertz CT molecular complexity index is 999. The Labute approximate surface area is 179 Å². The molecule has 1 aliphatic heterocycles. The van der Waals surface area contributed by atoms with Gasteiger partial charge in [0.15, 0.2) is 0 Å². The zero-order chi connectivity index (χ0) is 21.7. The maximum absolute atomic E-state index is 12.6. The molecular weight excluding hydrogens is 398 g/mol. The summed E-state index contributed by atoms with van der Waals surface area (Å²) in [5.41, 5.74) is 4.83. The lowest BCUT2D eigenvalue weighted by molar-refractivity contribution is -0.119. The number of hydrogen-bond acceptors (Lipinski definition) is 4. The number of aryl methyl sites for hydroxylation is 2. The molecule has 1 heterocycles. The Morgan fingerprint density at radius 1 is 1.03 bits per heavy atom. The van der Waals surface area contributed by atoms with E-state index in [1.54, 1.807) is 12.1 Å². The van der Waals surface area contributed by atoms with E-state index in [0.717, 1.165) is 46.9 Å². The molecule has 1 aliphatic rings. The van der Waals surface area contributed by atoms with Crippen LogP contribution in [0.3, 0.4) is 0 Å². The molecule has 30 heavy (non-hydrogen) atoms. The van der Waals surface area contributed by atoms with E-state index in [1.165, 1.54) is 18.4 Å². The van der Waals surface area contributed by atoms with Gasteiger partial charge in [-0.1, -0.05) is 30.3 Å². The lowest BCUT2D eigenvalue weighted by Gasteiger charge is -2.23. The molecule has 6 nitrogen and oxygen atoms in total. The minimum atomic E-state index is -3.58. The Balaban J connectivity index is 1.67. The monoisotopic (exact) mass is 429 g/mol. The average Bonchev–Trinajstić information content (AvgIpc) is 3.20. The molecule has 3 rings (SSSR count). The van der Waals surface area contributed by atoms with Gasteiger partial charge in [0.1, 0.15) is 6.54 Å². The van der Waals surface area contributed by atoms with Gasteiger partial charge < -0.3 is 5.32 Å². The molecule has 0 aromatic heterocycles. The van der Waals surface area contributed by atoms with Crippen molar-refractivity contribution < 1.29 is 13.2 Å². The van der Waals surface area contributed by atoms with Gasteiger partial charge in [-0.05, 0) is 74.2 Å². The van der Waals surface area contributed by atoms with Gasteiger partial charge in [0.25, 0.3) is 0 Å². The summed E-state index contributed by atoms with van der Waals surface area (Å²) < 4.78 is 25.8. The lowest BCUT2D eigenvalue weighted by atomic mass is 10.1. The first-order chi connectivity index (χ1) is 14.2. The van der Waals surface area contributed by atoms with E-state index >= 15 is 0 Å².